The monoisotopic (exact) mass is 564 g/mol. The molecule has 4 rings (SSSR count). The molecular formula is C30H29ClN2O5S. The van der Waals surface area contributed by atoms with E-state index in [1.165, 1.54) is 4.90 Å². The molecule has 7 nitrogen and oxygen atoms in total. The van der Waals surface area contributed by atoms with Crippen LogP contribution >= 0.6 is 23.4 Å². The number of imide groups is 1. The Morgan fingerprint density at radius 3 is 2.51 bits per heavy atom. The largest absolute Gasteiger partial charge is 0.490 e. The molecule has 3 aromatic rings. The fraction of sp³-hybridized carbons (Fsp3) is 0.233. The van der Waals surface area contributed by atoms with Crippen molar-refractivity contribution in [3.63, 3.8) is 0 Å². The second-order valence-electron chi connectivity index (χ2n) is 9.08. The third-order valence-electron chi connectivity index (χ3n) is 5.94. The summed E-state index contributed by atoms with van der Waals surface area (Å²) in [5.74, 6) is 0.408. The minimum absolute atomic E-state index is 0.0996. The zero-order chi connectivity index (χ0) is 27.9. The van der Waals surface area contributed by atoms with Gasteiger partial charge in [0, 0.05) is 10.7 Å². The van der Waals surface area contributed by atoms with Crippen LogP contribution in [0.25, 0.3) is 6.08 Å². The molecule has 3 amide bonds. The average molecular weight is 565 g/mol. The van der Waals surface area contributed by atoms with E-state index < -0.39 is 0 Å². The Morgan fingerprint density at radius 2 is 1.77 bits per heavy atom. The van der Waals surface area contributed by atoms with Crippen molar-refractivity contribution in [2.45, 2.75) is 33.2 Å². The van der Waals surface area contributed by atoms with E-state index in [2.05, 4.69) is 19.2 Å². The third-order valence-corrected chi connectivity index (χ3v) is 7.22. The zero-order valence-electron chi connectivity index (χ0n) is 21.9. The van der Waals surface area contributed by atoms with Gasteiger partial charge in [-0.3, -0.25) is 19.3 Å². The van der Waals surface area contributed by atoms with Gasteiger partial charge in [0.1, 0.15) is 0 Å². The van der Waals surface area contributed by atoms with E-state index in [1.807, 2.05) is 37.3 Å². The molecule has 1 aliphatic heterocycles. The Balaban J connectivity index is 1.45. The van der Waals surface area contributed by atoms with Crippen molar-refractivity contribution >= 4 is 52.2 Å². The van der Waals surface area contributed by atoms with Gasteiger partial charge in [0.05, 0.1) is 18.1 Å². The predicted octanol–water partition coefficient (Wildman–Crippen LogP) is 7.12. The maximum absolute atomic E-state index is 13.0. The van der Waals surface area contributed by atoms with Gasteiger partial charge in [0.25, 0.3) is 17.1 Å². The zero-order valence-corrected chi connectivity index (χ0v) is 23.5. The average Bonchev–Trinajstić information content (AvgIpc) is 3.17. The Hall–Kier alpha value is -3.75. The number of hydrogen-bond acceptors (Lipinski definition) is 6. The van der Waals surface area contributed by atoms with Crippen LogP contribution in [0.15, 0.2) is 71.6 Å². The number of thioether (sulfide) groups is 1. The number of nitrogens with zero attached hydrogens (tertiary/aromatic N) is 1. The van der Waals surface area contributed by atoms with E-state index in [1.54, 1.807) is 42.5 Å². The summed E-state index contributed by atoms with van der Waals surface area (Å²) in [4.78, 5) is 39.6. The van der Waals surface area contributed by atoms with Crippen LogP contribution in [0.5, 0.6) is 11.5 Å². The minimum atomic E-state index is -0.387. The molecule has 1 fully saturated rings. The molecule has 1 aliphatic rings. The highest BCUT2D eigenvalue weighted by molar-refractivity contribution is 8.18. The molecule has 0 aromatic heterocycles. The van der Waals surface area contributed by atoms with Gasteiger partial charge in [-0.1, -0.05) is 67.9 Å². The van der Waals surface area contributed by atoms with Gasteiger partial charge in [-0.25, -0.2) is 0 Å². The van der Waals surface area contributed by atoms with Crippen molar-refractivity contribution in [1.29, 1.82) is 0 Å². The molecule has 0 saturated carbocycles. The lowest BCUT2D eigenvalue weighted by Crippen LogP contribution is -2.27. The molecule has 9 heteroatoms. The normalized spacial score (nSPS) is 14.3. The summed E-state index contributed by atoms with van der Waals surface area (Å²) in [6, 6.07) is 19.9. The van der Waals surface area contributed by atoms with Gasteiger partial charge < -0.3 is 14.8 Å². The van der Waals surface area contributed by atoms with Gasteiger partial charge in [-0.15, -0.1) is 0 Å². The number of hydrogen-bond donors (Lipinski definition) is 1. The van der Waals surface area contributed by atoms with Gasteiger partial charge in [0.2, 0.25) is 0 Å². The number of amides is 3. The van der Waals surface area contributed by atoms with Gasteiger partial charge in [0.15, 0.2) is 18.1 Å². The lowest BCUT2D eigenvalue weighted by Gasteiger charge is -2.15. The van der Waals surface area contributed by atoms with E-state index in [0.717, 1.165) is 23.0 Å². The number of carbonyl (C=O) groups excluding carboxylic acids is 3. The Bertz CT molecular complexity index is 1420. The molecule has 0 bridgehead atoms. The quantitative estimate of drug-likeness (QED) is 0.264. The fourth-order valence-electron chi connectivity index (χ4n) is 4.03. The molecule has 0 spiro atoms. The van der Waals surface area contributed by atoms with E-state index in [9.17, 15) is 14.4 Å². The molecule has 0 aliphatic carbocycles. The van der Waals surface area contributed by atoms with Gasteiger partial charge in [-0.2, -0.15) is 0 Å². The molecule has 39 heavy (non-hydrogen) atoms. The third kappa shape index (κ3) is 7.02. The summed E-state index contributed by atoms with van der Waals surface area (Å²) >= 11 is 7.08. The Kier molecular flexibility index (Phi) is 9.32. The predicted molar refractivity (Wildman–Crippen MR) is 155 cm³/mol. The summed E-state index contributed by atoms with van der Waals surface area (Å²) in [6.45, 7) is 6.25. The summed E-state index contributed by atoms with van der Waals surface area (Å²) in [5.41, 5.74) is 3.15. The molecule has 202 valence electrons. The smallest absolute Gasteiger partial charge is 0.293 e. The van der Waals surface area contributed by atoms with Gasteiger partial charge >= 0.3 is 0 Å². The lowest BCUT2D eigenvalue weighted by molar-refractivity contribution is -0.123. The second kappa shape index (κ2) is 12.9. The molecule has 0 atom stereocenters. The van der Waals surface area contributed by atoms with Crippen LogP contribution in [0, 0.1) is 0 Å². The number of carbonyl (C=O) groups is 3. The number of anilines is 1. The molecule has 0 unspecified atom stereocenters. The van der Waals surface area contributed by atoms with E-state index >= 15 is 0 Å². The van der Waals surface area contributed by atoms with Crippen molar-refractivity contribution in [3.8, 4) is 11.5 Å². The first-order valence-electron chi connectivity index (χ1n) is 12.5. The van der Waals surface area contributed by atoms with Crippen LogP contribution in [0.3, 0.4) is 0 Å². The van der Waals surface area contributed by atoms with Crippen LogP contribution in [0.1, 0.15) is 43.4 Å². The minimum Gasteiger partial charge on any atom is -0.490 e. The fourth-order valence-corrected chi connectivity index (χ4v) is 5.06. The number of benzene rings is 3. The maximum atomic E-state index is 13.0. The summed E-state index contributed by atoms with van der Waals surface area (Å²) in [7, 11) is 0. The standard InChI is InChI=1S/C30H29ClN2O5S/c1-4-37-26-15-20(16-27-29(35)33(30(36)39-27)17-21-9-5-7-11-23(21)31)13-14-25(26)38-18-28(34)32-24-12-8-6-10-22(24)19(2)3/h5-16,19H,4,17-18H2,1-3H3,(H,32,34)/b27-16+. The maximum Gasteiger partial charge on any atom is 0.293 e. The topological polar surface area (TPSA) is 84.9 Å². The van der Waals surface area contributed by atoms with Crippen molar-refractivity contribution in [2.75, 3.05) is 18.5 Å². The molecule has 0 radical (unpaired) electrons. The van der Waals surface area contributed by atoms with Crippen LogP contribution in [-0.2, 0) is 16.1 Å². The van der Waals surface area contributed by atoms with E-state index in [4.69, 9.17) is 21.1 Å². The van der Waals surface area contributed by atoms with Crippen LogP contribution in [0.4, 0.5) is 10.5 Å². The molecule has 1 saturated heterocycles. The van der Waals surface area contributed by atoms with Crippen LogP contribution < -0.4 is 14.8 Å². The van der Waals surface area contributed by atoms with E-state index in [0.29, 0.717) is 39.2 Å². The summed E-state index contributed by atoms with van der Waals surface area (Å²) in [5, 5.41) is 3.04. The highest BCUT2D eigenvalue weighted by Crippen LogP contribution is 2.36. The number of halogens is 1. The highest BCUT2D eigenvalue weighted by Gasteiger charge is 2.35. The number of para-hydroxylation sites is 1. The highest BCUT2D eigenvalue weighted by atomic mass is 35.5. The first kappa shape index (κ1) is 28.3. The Morgan fingerprint density at radius 1 is 1.03 bits per heavy atom. The summed E-state index contributed by atoms with van der Waals surface area (Å²) in [6.07, 6.45) is 1.64. The van der Waals surface area contributed by atoms with Gasteiger partial charge in [-0.05, 0) is 71.6 Å². The Labute approximate surface area is 237 Å². The number of nitrogens with one attached hydrogen (secondary N) is 1. The first-order valence-corrected chi connectivity index (χ1v) is 13.7. The molecule has 3 aromatic carbocycles. The van der Waals surface area contributed by atoms with Crippen LogP contribution in [-0.4, -0.2) is 35.2 Å². The van der Waals surface area contributed by atoms with Crippen molar-refractivity contribution in [2.24, 2.45) is 0 Å². The second-order valence-corrected chi connectivity index (χ2v) is 10.5. The molecule has 1 N–H and O–H groups in total. The first-order chi connectivity index (χ1) is 18.8. The molecule has 1 heterocycles. The van der Waals surface area contributed by atoms with E-state index in [-0.39, 0.29) is 36.1 Å². The van der Waals surface area contributed by atoms with Crippen molar-refractivity contribution in [3.05, 3.63) is 93.3 Å². The number of rotatable bonds is 10. The van der Waals surface area contributed by atoms with Crippen molar-refractivity contribution in [1.82, 2.24) is 4.90 Å². The van der Waals surface area contributed by atoms with Crippen molar-refractivity contribution < 1.29 is 23.9 Å². The number of ether oxygens (including phenoxy) is 2. The SMILES string of the molecule is CCOc1cc(/C=C2/SC(=O)N(Cc3ccccc3Cl)C2=O)ccc1OCC(=O)Nc1ccccc1C(C)C. The van der Waals surface area contributed by atoms with Crippen LogP contribution in [0.2, 0.25) is 5.02 Å². The molecular weight excluding hydrogens is 536 g/mol. The summed E-state index contributed by atoms with van der Waals surface area (Å²) < 4.78 is 11.5. The lowest BCUT2D eigenvalue weighted by atomic mass is 10.0.